The lowest BCUT2D eigenvalue weighted by Crippen LogP contribution is -2.40. The van der Waals surface area contributed by atoms with E-state index < -0.39 is 0 Å². The number of nitrogens with two attached hydrogens (primary N) is 1. The van der Waals surface area contributed by atoms with E-state index >= 15 is 0 Å². The van der Waals surface area contributed by atoms with E-state index in [0.717, 1.165) is 31.6 Å². The molecule has 1 aromatic rings. The van der Waals surface area contributed by atoms with Crippen LogP contribution >= 0.6 is 0 Å². The maximum Gasteiger partial charge on any atom is 0.242 e. The number of likely N-dealkylation sites (N-methyl/N-ethyl adjacent to an activating group) is 1. The fourth-order valence-electron chi connectivity index (χ4n) is 2.78. The highest BCUT2D eigenvalue weighted by Gasteiger charge is 2.29. The Hall–Kier alpha value is -1.43. The highest BCUT2D eigenvalue weighted by atomic mass is 16.2. The van der Waals surface area contributed by atoms with Crippen LogP contribution in [0.2, 0.25) is 0 Å². The molecule has 3 N–H and O–H groups in total. The molecule has 110 valence electrons. The number of nitrogens with one attached hydrogen (secondary N) is 1. The number of likely N-dealkylation sites (tertiary alicyclic amines) is 1. The number of amides is 1. The summed E-state index contributed by atoms with van der Waals surface area (Å²) in [6, 6.07) is 10.4. The average molecular weight is 276 g/mol. The van der Waals surface area contributed by atoms with Gasteiger partial charge in [0.1, 0.15) is 0 Å². The predicted molar refractivity (Wildman–Crippen MR) is 80.0 cm³/mol. The summed E-state index contributed by atoms with van der Waals surface area (Å²) in [5.74, 6) is 5.01. The van der Waals surface area contributed by atoms with E-state index in [1.807, 2.05) is 30.3 Å². The summed E-state index contributed by atoms with van der Waals surface area (Å²) >= 11 is 0. The number of benzene rings is 1. The first-order valence-electron chi connectivity index (χ1n) is 7.06. The van der Waals surface area contributed by atoms with Gasteiger partial charge in [0.2, 0.25) is 5.91 Å². The molecular weight excluding hydrogens is 252 g/mol. The number of hydrazine groups is 1. The average Bonchev–Trinajstić information content (AvgIpc) is 2.94. The molecule has 0 bridgehead atoms. The largest absolute Gasteiger partial charge is 0.305 e. The van der Waals surface area contributed by atoms with E-state index in [1.54, 1.807) is 0 Å². The second-order valence-corrected chi connectivity index (χ2v) is 5.64. The molecule has 1 fully saturated rings. The van der Waals surface area contributed by atoms with Crippen molar-refractivity contribution in [3.05, 3.63) is 35.9 Å². The van der Waals surface area contributed by atoms with Crippen LogP contribution in [0.1, 0.15) is 17.9 Å². The molecule has 0 saturated carbocycles. The third-order valence-electron chi connectivity index (χ3n) is 4.08. The first-order chi connectivity index (χ1) is 9.61. The van der Waals surface area contributed by atoms with Crippen LogP contribution in [0, 0.1) is 0 Å². The molecule has 5 heteroatoms. The summed E-state index contributed by atoms with van der Waals surface area (Å²) in [5.41, 5.74) is 3.31. The Kier molecular flexibility index (Phi) is 5.11. The highest BCUT2D eigenvalue weighted by molar-refractivity contribution is 5.83. The second-order valence-electron chi connectivity index (χ2n) is 5.64. The Bertz CT molecular complexity index is 435. The maximum absolute atomic E-state index is 12.0. The van der Waals surface area contributed by atoms with Crippen LogP contribution < -0.4 is 11.3 Å². The van der Waals surface area contributed by atoms with Crippen LogP contribution in [0.25, 0.3) is 0 Å². The van der Waals surface area contributed by atoms with Gasteiger partial charge in [-0.3, -0.25) is 10.2 Å². The summed E-state index contributed by atoms with van der Waals surface area (Å²) in [5, 5.41) is 0. The summed E-state index contributed by atoms with van der Waals surface area (Å²) in [4.78, 5) is 16.6. The molecular formula is C15H24N4O. The van der Waals surface area contributed by atoms with Crippen LogP contribution in [0.15, 0.2) is 30.3 Å². The first-order valence-corrected chi connectivity index (χ1v) is 7.06. The van der Waals surface area contributed by atoms with Crippen LogP contribution in [-0.4, -0.2) is 55.5 Å². The van der Waals surface area contributed by atoms with Gasteiger partial charge in [-0.2, -0.15) is 0 Å². The van der Waals surface area contributed by atoms with E-state index in [2.05, 4.69) is 29.3 Å². The summed E-state index contributed by atoms with van der Waals surface area (Å²) in [7, 11) is 4.21. The number of hydrogen-bond acceptors (Lipinski definition) is 4. The third kappa shape index (κ3) is 3.56. The van der Waals surface area contributed by atoms with E-state index in [0.29, 0.717) is 6.04 Å². The first kappa shape index (κ1) is 15.0. The monoisotopic (exact) mass is 276 g/mol. The molecule has 5 nitrogen and oxygen atoms in total. The Morgan fingerprint density at radius 3 is 2.70 bits per heavy atom. The van der Waals surface area contributed by atoms with Crippen molar-refractivity contribution in [2.75, 3.05) is 33.7 Å². The molecule has 1 saturated heterocycles. The van der Waals surface area contributed by atoms with Crippen molar-refractivity contribution in [1.82, 2.24) is 15.2 Å². The number of carbonyl (C=O) groups excluding carboxylic acids is 1. The van der Waals surface area contributed by atoms with Gasteiger partial charge in [0.05, 0.1) is 5.92 Å². The van der Waals surface area contributed by atoms with Crippen LogP contribution in [0.4, 0.5) is 0 Å². The summed E-state index contributed by atoms with van der Waals surface area (Å²) in [6.07, 6.45) is 1.15. The Balaban J connectivity index is 2.04. The van der Waals surface area contributed by atoms with E-state index in [9.17, 15) is 4.79 Å². The zero-order valence-electron chi connectivity index (χ0n) is 12.2. The molecule has 1 aliphatic heterocycles. The molecule has 2 rings (SSSR count). The van der Waals surface area contributed by atoms with Gasteiger partial charge in [0.25, 0.3) is 0 Å². The van der Waals surface area contributed by atoms with Gasteiger partial charge in [-0.15, -0.1) is 0 Å². The highest BCUT2D eigenvalue weighted by Crippen LogP contribution is 2.21. The minimum atomic E-state index is -0.206. The lowest BCUT2D eigenvalue weighted by molar-refractivity contribution is -0.123. The van der Waals surface area contributed by atoms with Crippen LogP contribution in [-0.2, 0) is 4.79 Å². The Morgan fingerprint density at radius 1 is 1.45 bits per heavy atom. The zero-order chi connectivity index (χ0) is 14.5. The molecule has 20 heavy (non-hydrogen) atoms. The minimum absolute atomic E-state index is 0.121. The normalized spacial score (nSPS) is 21.1. The van der Waals surface area contributed by atoms with Gasteiger partial charge in [-0.25, -0.2) is 5.84 Å². The molecule has 1 amide bonds. The number of nitrogens with zero attached hydrogens (tertiary/aromatic N) is 2. The number of hydrogen-bond donors (Lipinski definition) is 2. The van der Waals surface area contributed by atoms with Crippen LogP contribution in [0.5, 0.6) is 0 Å². The molecule has 0 spiro atoms. The molecule has 1 heterocycles. The maximum atomic E-state index is 12.0. The van der Waals surface area contributed by atoms with Crippen molar-refractivity contribution < 1.29 is 4.79 Å². The fraction of sp³-hybridized carbons (Fsp3) is 0.533. The van der Waals surface area contributed by atoms with Crippen LogP contribution in [0.3, 0.4) is 0 Å². The molecule has 2 unspecified atom stereocenters. The smallest absolute Gasteiger partial charge is 0.242 e. The van der Waals surface area contributed by atoms with Gasteiger partial charge in [0.15, 0.2) is 0 Å². The van der Waals surface area contributed by atoms with Gasteiger partial charge in [0, 0.05) is 19.1 Å². The molecule has 0 aromatic heterocycles. The van der Waals surface area contributed by atoms with Crippen molar-refractivity contribution in [2.45, 2.75) is 18.4 Å². The lowest BCUT2D eigenvalue weighted by atomic mass is 9.98. The second kappa shape index (κ2) is 6.83. The lowest BCUT2D eigenvalue weighted by Gasteiger charge is -2.24. The topological polar surface area (TPSA) is 61.6 Å². The third-order valence-corrected chi connectivity index (χ3v) is 4.08. The fourth-order valence-corrected chi connectivity index (χ4v) is 2.78. The van der Waals surface area contributed by atoms with E-state index in [1.165, 1.54) is 0 Å². The van der Waals surface area contributed by atoms with Gasteiger partial charge in [-0.05, 0) is 32.6 Å². The number of carbonyl (C=O) groups is 1. The van der Waals surface area contributed by atoms with Crippen molar-refractivity contribution in [1.29, 1.82) is 0 Å². The van der Waals surface area contributed by atoms with Gasteiger partial charge in [-0.1, -0.05) is 30.3 Å². The van der Waals surface area contributed by atoms with Crippen molar-refractivity contribution >= 4 is 5.91 Å². The van der Waals surface area contributed by atoms with E-state index in [4.69, 9.17) is 5.84 Å². The standard InChI is InChI=1S/C15H24N4O/c1-18(2)13-8-9-19(10-13)11-14(15(20)17-16)12-6-4-3-5-7-12/h3-7,13-14H,8-11,16H2,1-2H3,(H,17,20). The summed E-state index contributed by atoms with van der Waals surface area (Å²) < 4.78 is 0. The van der Waals surface area contributed by atoms with Gasteiger partial charge >= 0.3 is 0 Å². The molecule has 1 aromatic carbocycles. The number of rotatable bonds is 5. The zero-order valence-corrected chi connectivity index (χ0v) is 12.2. The molecule has 0 radical (unpaired) electrons. The van der Waals surface area contributed by atoms with Crippen molar-refractivity contribution in [2.24, 2.45) is 5.84 Å². The molecule has 0 aliphatic carbocycles. The Morgan fingerprint density at radius 2 is 2.15 bits per heavy atom. The summed E-state index contributed by atoms with van der Waals surface area (Å²) in [6.45, 7) is 2.76. The molecule has 2 atom stereocenters. The SMILES string of the molecule is CN(C)C1CCN(CC(C(=O)NN)c2ccccc2)C1. The van der Waals surface area contributed by atoms with Crippen molar-refractivity contribution in [3.8, 4) is 0 Å². The van der Waals surface area contributed by atoms with E-state index in [-0.39, 0.29) is 11.8 Å². The molecule has 1 aliphatic rings. The minimum Gasteiger partial charge on any atom is -0.305 e. The van der Waals surface area contributed by atoms with Crippen molar-refractivity contribution in [3.63, 3.8) is 0 Å². The Labute approximate surface area is 120 Å². The quantitative estimate of drug-likeness (QED) is 0.464. The van der Waals surface area contributed by atoms with Gasteiger partial charge < -0.3 is 9.80 Å². The predicted octanol–water partition coefficient (Wildman–Crippen LogP) is 0.396.